The van der Waals surface area contributed by atoms with Gasteiger partial charge in [0.05, 0.1) is 18.1 Å². The molecule has 0 aliphatic heterocycles. The average molecular weight is 419 g/mol. The Balaban J connectivity index is 1.82. The molecule has 0 saturated carbocycles. The van der Waals surface area contributed by atoms with Gasteiger partial charge in [-0.15, -0.1) is 0 Å². The molecule has 2 heterocycles. The number of fused-ring (bicyclic) bond motifs is 1. The molecule has 3 N–H and O–H groups in total. The zero-order valence-corrected chi connectivity index (χ0v) is 17.4. The van der Waals surface area contributed by atoms with Crippen molar-refractivity contribution in [3.63, 3.8) is 0 Å². The predicted octanol–water partition coefficient (Wildman–Crippen LogP) is 0.577. The second kappa shape index (κ2) is 8.58. The van der Waals surface area contributed by atoms with Crippen LogP contribution in [-0.2, 0) is 6.54 Å². The number of methoxy groups -OCH3 is 1. The van der Waals surface area contributed by atoms with Crippen molar-refractivity contribution >= 4 is 35.5 Å². The van der Waals surface area contributed by atoms with Crippen molar-refractivity contribution in [2.24, 2.45) is 0 Å². The van der Waals surface area contributed by atoms with Gasteiger partial charge in [-0.05, 0) is 11.6 Å². The van der Waals surface area contributed by atoms with Gasteiger partial charge in [-0.1, -0.05) is 42.5 Å². The Morgan fingerprint density at radius 3 is 2.45 bits per heavy atom. The fourth-order valence-corrected chi connectivity index (χ4v) is 3.15. The van der Waals surface area contributed by atoms with Crippen LogP contribution in [0.4, 0.5) is 11.9 Å². The number of hydrogen-bond donors (Lipinski definition) is 3. The van der Waals surface area contributed by atoms with Gasteiger partial charge >= 0.3 is 13.1 Å². The second-order valence-corrected chi connectivity index (χ2v) is 7.02. The Labute approximate surface area is 179 Å². The lowest BCUT2D eigenvalue weighted by atomic mass is 9.79. The molecule has 31 heavy (non-hydrogen) atoms. The lowest BCUT2D eigenvalue weighted by Crippen LogP contribution is -2.30. The van der Waals surface area contributed by atoms with Crippen LogP contribution in [0.15, 0.2) is 48.5 Å². The number of aromatic nitrogens is 5. The third-order valence-corrected chi connectivity index (χ3v) is 4.65. The maximum atomic E-state index is 9.71. The third-order valence-electron chi connectivity index (χ3n) is 4.65. The van der Waals surface area contributed by atoms with E-state index < -0.39 is 7.12 Å². The van der Waals surface area contributed by atoms with Crippen molar-refractivity contribution in [2.45, 2.75) is 6.54 Å². The molecule has 158 valence electrons. The SMILES string of the molecule is COc1nc2c(B(O)O)cccc2n1-c1nc(NCc2ccccc2)nc(N(C)C)n1. The fourth-order valence-electron chi connectivity index (χ4n) is 3.15. The highest BCUT2D eigenvalue weighted by Crippen LogP contribution is 2.25. The molecule has 0 spiro atoms. The molecule has 0 aliphatic rings. The number of benzene rings is 2. The Morgan fingerprint density at radius 2 is 1.77 bits per heavy atom. The minimum Gasteiger partial charge on any atom is -0.468 e. The number of nitrogens with one attached hydrogen (secondary N) is 1. The highest BCUT2D eigenvalue weighted by molar-refractivity contribution is 6.61. The van der Waals surface area contributed by atoms with E-state index in [4.69, 9.17) is 4.74 Å². The van der Waals surface area contributed by atoms with Crippen molar-refractivity contribution in [1.82, 2.24) is 24.5 Å². The molecule has 10 nitrogen and oxygen atoms in total. The molecule has 4 aromatic rings. The summed E-state index contributed by atoms with van der Waals surface area (Å²) in [4.78, 5) is 19.8. The first kappa shape index (κ1) is 20.6. The molecule has 0 amide bonds. The fraction of sp³-hybridized carbons (Fsp3) is 0.200. The van der Waals surface area contributed by atoms with Crippen LogP contribution in [0.3, 0.4) is 0 Å². The molecular weight excluding hydrogens is 397 g/mol. The first-order valence-electron chi connectivity index (χ1n) is 9.61. The molecule has 2 aromatic heterocycles. The number of hydrogen-bond acceptors (Lipinski definition) is 9. The number of anilines is 2. The van der Waals surface area contributed by atoms with Crippen LogP contribution in [0, 0.1) is 0 Å². The Hall–Kier alpha value is -3.70. The first-order valence-corrected chi connectivity index (χ1v) is 9.61. The maximum Gasteiger partial charge on any atom is 0.490 e. The summed E-state index contributed by atoms with van der Waals surface area (Å²) in [6.45, 7) is 0.541. The lowest BCUT2D eigenvalue weighted by molar-refractivity contribution is 0.374. The normalized spacial score (nSPS) is 10.9. The first-order chi connectivity index (χ1) is 15.0. The van der Waals surface area contributed by atoms with Gasteiger partial charge in [0.1, 0.15) is 0 Å². The highest BCUT2D eigenvalue weighted by Gasteiger charge is 2.23. The summed E-state index contributed by atoms with van der Waals surface area (Å²) in [6, 6.07) is 15.2. The smallest absolute Gasteiger partial charge is 0.468 e. The predicted molar refractivity (Wildman–Crippen MR) is 119 cm³/mol. The average Bonchev–Trinajstić information content (AvgIpc) is 3.16. The summed E-state index contributed by atoms with van der Waals surface area (Å²) in [5.41, 5.74) is 2.31. The van der Waals surface area contributed by atoms with Gasteiger partial charge in [-0.25, -0.2) is 4.57 Å². The molecule has 2 aromatic carbocycles. The maximum absolute atomic E-state index is 9.71. The number of para-hydroxylation sites is 1. The topological polar surface area (TPSA) is 121 Å². The zero-order chi connectivity index (χ0) is 22.0. The van der Waals surface area contributed by atoms with E-state index in [0.717, 1.165) is 5.56 Å². The molecular formula is C20H22BN7O3. The second-order valence-electron chi connectivity index (χ2n) is 7.02. The van der Waals surface area contributed by atoms with Gasteiger partial charge in [0.15, 0.2) is 0 Å². The monoisotopic (exact) mass is 419 g/mol. The molecule has 0 radical (unpaired) electrons. The summed E-state index contributed by atoms with van der Waals surface area (Å²) in [6.07, 6.45) is 0. The lowest BCUT2D eigenvalue weighted by Gasteiger charge is -2.15. The summed E-state index contributed by atoms with van der Waals surface area (Å²) in [7, 11) is 3.48. The van der Waals surface area contributed by atoms with Crippen LogP contribution in [0.5, 0.6) is 6.01 Å². The molecule has 0 fully saturated rings. The van der Waals surface area contributed by atoms with Crippen LogP contribution in [0.2, 0.25) is 0 Å². The van der Waals surface area contributed by atoms with Crippen LogP contribution < -0.4 is 20.4 Å². The van der Waals surface area contributed by atoms with Gasteiger partial charge in [0.2, 0.25) is 17.8 Å². The molecule has 0 bridgehead atoms. The van der Waals surface area contributed by atoms with Gasteiger partial charge in [0.25, 0.3) is 0 Å². The van der Waals surface area contributed by atoms with Crippen LogP contribution in [0.25, 0.3) is 17.0 Å². The van der Waals surface area contributed by atoms with E-state index in [-0.39, 0.29) is 17.4 Å². The largest absolute Gasteiger partial charge is 0.490 e. The van der Waals surface area contributed by atoms with Crippen molar-refractivity contribution in [3.05, 3.63) is 54.1 Å². The molecule has 0 saturated heterocycles. The highest BCUT2D eigenvalue weighted by atomic mass is 16.5. The van der Waals surface area contributed by atoms with Crippen LogP contribution in [-0.4, -0.2) is 62.9 Å². The minimum atomic E-state index is -1.67. The quantitative estimate of drug-likeness (QED) is 0.369. The molecule has 0 aliphatic carbocycles. The Bertz CT molecular complexity index is 1200. The van der Waals surface area contributed by atoms with E-state index in [9.17, 15) is 10.0 Å². The summed E-state index contributed by atoms with van der Waals surface area (Å²) >= 11 is 0. The van der Waals surface area contributed by atoms with E-state index in [1.807, 2.05) is 44.4 Å². The van der Waals surface area contributed by atoms with Gasteiger partial charge < -0.3 is 25.0 Å². The number of rotatable bonds is 7. The van der Waals surface area contributed by atoms with Crippen LogP contribution in [0.1, 0.15) is 5.56 Å². The van der Waals surface area contributed by atoms with Crippen molar-refractivity contribution in [2.75, 3.05) is 31.4 Å². The van der Waals surface area contributed by atoms with E-state index in [1.165, 1.54) is 7.11 Å². The molecule has 0 atom stereocenters. The van der Waals surface area contributed by atoms with E-state index >= 15 is 0 Å². The summed E-state index contributed by atoms with van der Waals surface area (Å²) in [5, 5.41) is 22.7. The number of ether oxygens (including phenoxy) is 1. The Kier molecular flexibility index (Phi) is 5.69. The Morgan fingerprint density at radius 1 is 1.00 bits per heavy atom. The van der Waals surface area contributed by atoms with Crippen molar-refractivity contribution in [1.29, 1.82) is 0 Å². The van der Waals surface area contributed by atoms with Gasteiger partial charge in [-0.3, -0.25) is 0 Å². The molecule has 11 heteroatoms. The molecule has 4 rings (SSSR count). The van der Waals surface area contributed by atoms with Crippen molar-refractivity contribution < 1.29 is 14.8 Å². The van der Waals surface area contributed by atoms with Crippen molar-refractivity contribution in [3.8, 4) is 12.0 Å². The summed E-state index contributed by atoms with van der Waals surface area (Å²) in [5.74, 6) is 1.13. The summed E-state index contributed by atoms with van der Waals surface area (Å²) < 4.78 is 7.06. The standard InChI is InChI=1S/C20H22BN7O3/c1-27(2)18-24-17(22-12-13-8-5-4-6-9-13)25-19(26-18)28-15-11-7-10-14(21(29)30)16(15)23-20(28)31-3/h4-11,29-30H,12H2,1-3H3,(H,22,24,25,26). The van der Waals surface area contributed by atoms with Gasteiger partial charge in [-0.2, -0.15) is 19.9 Å². The minimum absolute atomic E-state index is 0.216. The zero-order valence-electron chi connectivity index (χ0n) is 17.4. The third kappa shape index (κ3) is 4.13. The molecule has 0 unspecified atom stereocenters. The van der Waals surface area contributed by atoms with E-state index in [1.54, 1.807) is 27.7 Å². The van der Waals surface area contributed by atoms with Crippen LogP contribution >= 0.6 is 0 Å². The van der Waals surface area contributed by atoms with E-state index in [2.05, 4.69) is 25.3 Å². The van der Waals surface area contributed by atoms with Gasteiger partial charge in [0, 0.05) is 26.1 Å². The number of imidazole rings is 1. The van der Waals surface area contributed by atoms with E-state index in [0.29, 0.717) is 29.5 Å². The number of nitrogens with zero attached hydrogens (tertiary/aromatic N) is 6.